The van der Waals surface area contributed by atoms with Gasteiger partial charge in [-0.15, -0.1) is 0 Å². The number of halogens is 3. The highest BCUT2D eigenvalue weighted by molar-refractivity contribution is 6.02. The Labute approximate surface area is 249 Å². The zero-order valence-corrected chi connectivity index (χ0v) is 24.4. The minimum absolute atomic E-state index is 0.0452. The van der Waals surface area contributed by atoms with Crippen LogP contribution in [0.3, 0.4) is 0 Å². The lowest BCUT2D eigenvalue weighted by atomic mass is 9.92. The summed E-state index contributed by atoms with van der Waals surface area (Å²) < 4.78 is 53.7. The number of rotatable bonds is 6. The van der Waals surface area contributed by atoms with Crippen LogP contribution in [0.15, 0.2) is 42.5 Å². The first kappa shape index (κ1) is 27.1. The van der Waals surface area contributed by atoms with E-state index in [0.29, 0.717) is 54.9 Å². The third kappa shape index (κ3) is 4.46. The predicted molar refractivity (Wildman–Crippen MR) is 162 cm³/mol. The molecular weight excluding hydrogens is 551 g/mol. The molecule has 4 atom stereocenters. The van der Waals surface area contributed by atoms with Crippen LogP contribution in [0.25, 0.3) is 32.8 Å². The Hall–Kier alpha value is -3.43. The summed E-state index contributed by atoms with van der Waals surface area (Å²) in [6, 6.07) is 13.6. The third-order valence-corrected chi connectivity index (χ3v) is 10.2. The lowest BCUT2D eigenvalue weighted by Gasteiger charge is -2.34. The van der Waals surface area contributed by atoms with Crippen molar-refractivity contribution in [2.24, 2.45) is 0 Å². The van der Waals surface area contributed by atoms with Crippen LogP contribution in [0.2, 0.25) is 0 Å². The van der Waals surface area contributed by atoms with Crippen molar-refractivity contribution >= 4 is 27.5 Å². The van der Waals surface area contributed by atoms with E-state index in [4.69, 9.17) is 9.72 Å². The molecule has 8 rings (SSSR count). The molecule has 4 aromatic rings. The van der Waals surface area contributed by atoms with Gasteiger partial charge in [-0.05, 0) is 66.6 Å². The maximum atomic E-state index is 16.8. The molecule has 2 unspecified atom stereocenters. The summed E-state index contributed by atoms with van der Waals surface area (Å²) in [6.07, 6.45) is 4.22. The Morgan fingerprint density at radius 3 is 2.63 bits per heavy atom. The van der Waals surface area contributed by atoms with Gasteiger partial charge in [-0.3, -0.25) is 4.90 Å². The van der Waals surface area contributed by atoms with Crippen LogP contribution >= 0.6 is 0 Å². The molecule has 2 bridgehead atoms. The standard InChI is InChI=1S/C34H36F3N5O/c1-2-20-6-3-7-21-8-4-9-25(28(20)21)29-27(36)14-26-31(30(29)37)39-33(40-32(26)41-17-23-10-11-24(18-41)38-23)43-19-34-12-5-13-42(34)16-22(35)15-34/h3-4,6-9,14,22-24,38H,2,5,10-13,15-19H2,1H3/t22-,23?,24?,34+/m1/s1. The molecule has 0 amide bonds. The number of ether oxygens (including phenoxy) is 1. The number of anilines is 1. The average molecular weight is 588 g/mol. The van der Waals surface area contributed by atoms with E-state index in [1.807, 2.05) is 37.3 Å². The van der Waals surface area contributed by atoms with Crippen LogP contribution in [-0.2, 0) is 6.42 Å². The first-order chi connectivity index (χ1) is 20.9. The minimum atomic E-state index is -0.884. The van der Waals surface area contributed by atoms with Gasteiger partial charge in [-0.1, -0.05) is 43.3 Å². The fourth-order valence-electron chi connectivity index (χ4n) is 8.25. The summed E-state index contributed by atoms with van der Waals surface area (Å²) >= 11 is 0. The molecule has 5 heterocycles. The van der Waals surface area contributed by atoms with E-state index in [0.717, 1.165) is 55.0 Å². The van der Waals surface area contributed by atoms with E-state index in [1.54, 1.807) is 6.07 Å². The van der Waals surface area contributed by atoms with Gasteiger partial charge in [0.25, 0.3) is 0 Å². The summed E-state index contributed by atoms with van der Waals surface area (Å²) in [6.45, 7) is 4.93. The van der Waals surface area contributed by atoms with E-state index in [2.05, 4.69) is 20.1 Å². The zero-order chi connectivity index (χ0) is 29.3. The lowest BCUT2D eigenvalue weighted by molar-refractivity contribution is 0.107. The average Bonchev–Trinajstić information content (AvgIpc) is 3.65. The van der Waals surface area contributed by atoms with Crippen molar-refractivity contribution in [1.82, 2.24) is 20.2 Å². The molecule has 224 valence electrons. The summed E-state index contributed by atoms with van der Waals surface area (Å²) in [4.78, 5) is 13.7. The van der Waals surface area contributed by atoms with Gasteiger partial charge in [0.15, 0.2) is 5.82 Å². The molecule has 9 heteroatoms. The molecule has 4 aliphatic rings. The molecule has 0 spiro atoms. The monoisotopic (exact) mass is 587 g/mol. The van der Waals surface area contributed by atoms with Crippen molar-refractivity contribution in [3.05, 3.63) is 59.7 Å². The number of aromatic nitrogens is 2. The topological polar surface area (TPSA) is 53.5 Å². The highest BCUT2D eigenvalue weighted by Gasteiger charge is 2.49. The maximum absolute atomic E-state index is 16.8. The second-order valence-corrected chi connectivity index (χ2v) is 12.9. The Bertz CT molecular complexity index is 1710. The van der Waals surface area contributed by atoms with Crippen LogP contribution in [0.4, 0.5) is 19.0 Å². The van der Waals surface area contributed by atoms with Gasteiger partial charge in [-0.2, -0.15) is 9.97 Å². The van der Waals surface area contributed by atoms with Gasteiger partial charge in [-0.25, -0.2) is 13.2 Å². The van der Waals surface area contributed by atoms with Crippen LogP contribution < -0.4 is 15.0 Å². The number of benzene rings is 3. The van der Waals surface area contributed by atoms with E-state index < -0.39 is 23.3 Å². The normalized spacial score (nSPS) is 27.0. The molecule has 0 radical (unpaired) electrons. The number of hydrogen-bond acceptors (Lipinski definition) is 6. The van der Waals surface area contributed by atoms with Crippen molar-refractivity contribution < 1.29 is 17.9 Å². The van der Waals surface area contributed by atoms with E-state index in [1.165, 1.54) is 6.07 Å². The van der Waals surface area contributed by atoms with Gasteiger partial charge in [0.1, 0.15) is 29.9 Å². The first-order valence-electron chi connectivity index (χ1n) is 15.7. The van der Waals surface area contributed by atoms with Gasteiger partial charge >= 0.3 is 6.01 Å². The summed E-state index contributed by atoms with van der Waals surface area (Å²) in [5.74, 6) is -0.865. The molecule has 4 fully saturated rings. The van der Waals surface area contributed by atoms with Crippen molar-refractivity contribution in [3.8, 4) is 17.1 Å². The second kappa shape index (κ2) is 10.3. The van der Waals surface area contributed by atoms with Gasteiger partial charge in [0.2, 0.25) is 0 Å². The number of fused-ring (bicyclic) bond motifs is 5. The Kier molecular flexibility index (Phi) is 6.53. The number of nitrogens with zero attached hydrogens (tertiary/aromatic N) is 4. The van der Waals surface area contributed by atoms with E-state index in [-0.39, 0.29) is 23.7 Å². The number of aryl methyl sites for hydroxylation is 1. The Morgan fingerprint density at radius 2 is 1.84 bits per heavy atom. The van der Waals surface area contributed by atoms with Crippen LogP contribution in [0.1, 0.15) is 44.6 Å². The first-order valence-corrected chi connectivity index (χ1v) is 15.7. The molecule has 4 aliphatic heterocycles. The largest absolute Gasteiger partial charge is 0.461 e. The molecule has 0 saturated carbocycles. The zero-order valence-electron chi connectivity index (χ0n) is 24.4. The van der Waals surface area contributed by atoms with Crippen LogP contribution in [-0.4, -0.2) is 71.4 Å². The van der Waals surface area contributed by atoms with Crippen LogP contribution in [0.5, 0.6) is 6.01 Å². The molecule has 43 heavy (non-hydrogen) atoms. The molecular formula is C34H36F3N5O. The molecule has 3 aromatic carbocycles. The quantitative estimate of drug-likeness (QED) is 0.291. The van der Waals surface area contributed by atoms with E-state index in [9.17, 15) is 4.39 Å². The molecule has 0 aliphatic carbocycles. The van der Waals surface area contributed by atoms with Crippen molar-refractivity contribution in [2.45, 2.75) is 69.2 Å². The molecule has 6 nitrogen and oxygen atoms in total. The van der Waals surface area contributed by atoms with Crippen molar-refractivity contribution in [2.75, 3.05) is 37.7 Å². The summed E-state index contributed by atoms with van der Waals surface area (Å²) in [7, 11) is 0. The fourth-order valence-corrected chi connectivity index (χ4v) is 8.25. The predicted octanol–water partition coefficient (Wildman–Crippen LogP) is 6.19. The van der Waals surface area contributed by atoms with Crippen LogP contribution in [0, 0.1) is 11.6 Å². The van der Waals surface area contributed by atoms with E-state index >= 15 is 8.78 Å². The van der Waals surface area contributed by atoms with Crippen molar-refractivity contribution in [3.63, 3.8) is 0 Å². The van der Waals surface area contributed by atoms with Crippen molar-refractivity contribution in [1.29, 1.82) is 0 Å². The van der Waals surface area contributed by atoms with Gasteiger partial charge < -0.3 is 15.0 Å². The maximum Gasteiger partial charge on any atom is 0.319 e. The number of hydrogen-bond donors (Lipinski definition) is 1. The fraction of sp³-hybridized carbons (Fsp3) is 0.471. The Morgan fingerprint density at radius 1 is 1.05 bits per heavy atom. The van der Waals surface area contributed by atoms with Gasteiger partial charge in [0.05, 0.1) is 11.1 Å². The third-order valence-electron chi connectivity index (χ3n) is 10.2. The molecule has 1 aromatic heterocycles. The van der Waals surface area contributed by atoms with Gasteiger partial charge in [0, 0.05) is 43.5 Å². The number of nitrogens with one attached hydrogen (secondary N) is 1. The highest BCUT2D eigenvalue weighted by atomic mass is 19.1. The SMILES string of the molecule is CCc1cccc2cccc(-c3c(F)cc4c(N5CC6CCC(C5)N6)nc(OC[C@@]56CCCN5C[C@H](F)C6)nc4c3F)c12. The lowest BCUT2D eigenvalue weighted by Crippen LogP contribution is -2.51. The Balaban J connectivity index is 1.28. The second-order valence-electron chi connectivity index (χ2n) is 12.9. The smallest absolute Gasteiger partial charge is 0.319 e. The minimum Gasteiger partial charge on any atom is -0.461 e. The number of piperazine rings is 1. The molecule has 1 N–H and O–H groups in total. The summed E-state index contributed by atoms with van der Waals surface area (Å²) in [5, 5.41) is 5.74. The highest BCUT2D eigenvalue weighted by Crippen LogP contribution is 2.42. The number of alkyl halides is 1. The summed E-state index contributed by atoms with van der Waals surface area (Å²) in [5.41, 5.74) is 1.10. The molecule has 4 saturated heterocycles.